The van der Waals surface area contributed by atoms with Gasteiger partial charge in [-0.3, -0.25) is 24.1 Å². The Labute approximate surface area is 186 Å². The molecule has 1 N–H and O–H groups in total. The van der Waals surface area contributed by atoms with Crippen molar-refractivity contribution in [1.82, 2.24) is 14.7 Å². The second-order valence-corrected chi connectivity index (χ2v) is 7.99. The molecule has 0 radical (unpaired) electrons. The van der Waals surface area contributed by atoms with Crippen LogP contribution in [0.4, 0.5) is 0 Å². The summed E-state index contributed by atoms with van der Waals surface area (Å²) in [6.07, 6.45) is 1.29. The van der Waals surface area contributed by atoms with Gasteiger partial charge >= 0.3 is 0 Å². The van der Waals surface area contributed by atoms with E-state index >= 15 is 0 Å². The van der Waals surface area contributed by atoms with Crippen LogP contribution in [0.3, 0.4) is 0 Å². The summed E-state index contributed by atoms with van der Waals surface area (Å²) in [6.45, 7) is 2.13. The minimum absolute atomic E-state index is 0.0422. The van der Waals surface area contributed by atoms with Gasteiger partial charge in [0.25, 0.3) is 17.7 Å². The van der Waals surface area contributed by atoms with E-state index in [1.54, 1.807) is 46.2 Å². The van der Waals surface area contributed by atoms with Crippen LogP contribution in [0.2, 0.25) is 0 Å². The van der Waals surface area contributed by atoms with Gasteiger partial charge in [-0.15, -0.1) is 0 Å². The molecule has 1 saturated heterocycles. The number of nitrogens with zero attached hydrogens (tertiary/aromatic N) is 3. The normalized spacial score (nSPS) is 16.2. The highest BCUT2D eigenvalue weighted by Crippen LogP contribution is 2.23. The Balaban J connectivity index is 1.27. The molecule has 2 heterocycles. The van der Waals surface area contributed by atoms with E-state index in [1.165, 1.54) is 17.0 Å². The summed E-state index contributed by atoms with van der Waals surface area (Å²) < 4.78 is 0. The number of imide groups is 1. The number of benzene rings is 2. The van der Waals surface area contributed by atoms with Crippen LogP contribution in [0.5, 0.6) is 5.75 Å². The molecule has 2 aromatic carbocycles. The summed E-state index contributed by atoms with van der Waals surface area (Å²) >= 11 is 0. The van der Waals surface area contributed by atoms with Crippen molar-refractivity contribution < 1.29 is 24.3 Å². The molecule has 166 valence electrons. The summed E-state index contributed by atoms with van der Waals surface area (Å²) in [5, 5.41) is 9.61. The van der Waals surface area contributed by atoms with Gasteiger partial charge in [0.15, 0.2) is 0 Å². The van der Waals surface area contributed by atoms with E-state index in [1.807, 2.05) is 0 Å². The molecule has 8 heteroatoms. The number of carbonyl (C=O) groups is 4. The number of amides is 4. The fraction of sp³-hybridized carbons (Fsp3) is 0.333. The third-order valence-electron chi connectivity index (χ3n) is 5.88. The molecule has 0 atom stereocenters. The second-order valence-electron chi connectivity index (χ2n) is 7.99. The van der Waals surface area contributed by atoms with Crippen molar-refractivity contribution in [3.05, 3.63) is 65.2 Å². The van der Waals surface area contributed by atoms with Crippen LogP contribution in [-0.2, 0) is 4.79 Å². The average molecular weight is 435 g/mol. The van der Waals surface area contributed by atoms with Gasteiger partial charge in [-0.1, -0.05) is 18.2 Å². The number of hydrogen-bond acceptors (Lipinski definition) is 5. The number of hydrogen-bond donors (Lipinski definition) is 1. The first-order valence-electron chi connectivity index (χ1n) is 10.8. The summed E-state index contributed by atoms with van der Waals surface area (Å²) in [4.78, 5) is 54.9. The third-order valence-corrected chi connectivity index (χ3v) is 5.88. The lowest BCUT2D eigenvalue weighted by Gasteiger charge is -2.22. The Morgan fingerprint density at radius 3 is 2.19 bits per heavy atom. The van der Waals surface area contributed by atoms with Gasteiger partial charge in [-0.05, 0) is 43.2 Å². The zero-order chi connectivity index (χ0) is 22.7. The molecule has 1 fully saturated rings. The molecule has 4 rings (SSSR count). The summed E-state index contributed by atoms with van der Waals surface area (Å²) in [5.41, 5.74) is 1.24. The lowest BCUT2D eigenvalue weighted by atomic mass is 10.1. The smallest absolute Gasteiger partial charge is 0.261 e. The van der Waals surface area contributed by atoms with Crippen molar-refractivity contribution in [3.8, 4) is 5.75 Å². The largest absolute Gasteiger partial charge is 0.508 e. The highest BCUT2D eigenvalue weighted by molar-refractivity contribution is 6.21. The quantitative estimate of drug-likeness (QED) is 0.726. The zero-order valence-corrected chi connectivity index (χ0v) is 17.7. The number of rotatable bonds is 5. The molecule has 2 aliphatic heterocycles. The van der Waals surface area contributed by atoms with E-state index in [2.05, 4.69) is 0 Å². The van der Waals surface area contributed by atoms with E-state index in [-0.39, 0.29) is 42.3 Å². The fourth-order valence-corrected chi connectivity index (χ4v) is 4.18. The van der Waals surface area contributed by atoms with Crippen LogP contribution >= 0.6 is 0 Å². The molecular weight excluding hydrogens is 410 g/mol. The molecule has 0 bridgehead atoms. The highest BCUT2D eigenvalue weighted by atomic mass is 16.3. The Bertz CT molecular complexity index is 1030. The van der Waals surface area contributed by atoms with Gasteiger partial charge < -0.3 is 14.9 Å². The SMILES string of the molecule is O=C(CCCN1C(=O)c2ccccc2C1=O)N1CCCN(C(=O)c2cccc(O)c2)CC1. The van der Waals surface area contributed by atoms with E-state index in [4.69, 9.17) is 0 Å². The molecular formula is C24H25N3O5. The van der Waals surface area contributed by atoms with Crippen molar-refractivity contribution in [1.29, 1.82) is 0 Å². The van der Waals surface area contributed by atoms with Crippen LogP contribution in [0.15, 0.2) is 48.5 Å². The average Bonchev–Trinajstić information content (AvgIpc) is 2.96. The first-order valence-corrected chi connectivity index (χ1v) is 10.8. The Morgan fingerprint density at radius 2 is 1.50 bits per heavy atom. The van der Waals surface area contributed by atoms with Crippen LogP contribution in [0.25, 0.3) is 0 Å². The van der Waals surface area contributed by atoms with Crippen molar-refractivity contribution in [2.24, 2.45) is 0 Å². The Kier molecular flexibility index (Phi) is 6.20. The maximum atomic E-state index is 12.7. The maximum absolute atomic E-state index is 12.7. The third kappa shape index (κ3) is 4.34. The van der Waals surface area contributed by atoms with E-state index in [0.717, 1.165) is 0 Å². The molecule has 2 aliphatic rings. The first-order chi connectivity index (χ1) is 15.5. The number of carbonyl (C=O) groups excluding carboxylic acids is 4. The molecule has 2 aromatic rings. The van der Waals surface area contributed by atoms with Gasteiger partial charge in [0.1, 0.15) is 5.75 Å². The van der Waals surface area contributed by atoms with Crippen molar-refractivity contribution in [2.75, 3.05) is 32.7 Å². The minimum Gasteiger partial charge on any atom is -0.508 e. The monoisotopic (exact) mass is 435 g/mol. The topological polar surface area (TPSA) is 98.2 Å². The van der Waals surface area contributed by atoms with Crippen molar-refractivity contribution >= 4 is 23.6 Å². The maximum Gasteiger partial charge on any atom is 0.261 e. The summed E-state index contributed by atoms with van der Waals surface area (Å²) in [6, 6.07) is 13.0. The predicted octanol–water partition coefficient (Wildman–Crippen LogP) is 2.14. The van der Waals surface area contributed by atoms with Gasteiger partial charge in [-0.25, -0.2) is 0 Å². The molecule has 0 saturated carbocycles. The molecule has 0 unspecified atom stereocenters. The van der Waals surface area contributed by atoms with E-state index in [0.29, 0.717) is 55.7 Å². The van der Waals surface area contributed by atoms with Crippen LogP contribution in [-0.4, -0.2) is 76.2 Å². The van der Waals surface area contributed by atoms with Crippen LogP contribution in [0.1, 0.15) is 50.3 Å². The molecule has 4 amide bonds. The van der Waals surface area contributed by atoms with E-state index in [9.17, 15) is 24.3 Å². The molecule has 0 spiro atoms. The lowest BCUT2D eigenvalue weighted by Crippen LogP contribution is -2.37. The fourth-order valence-electron chi connectivity index (χ4n) is 4.18. The van der Waals surface area contributed by atoms with Crippen LogP contribution in [0, 0.1) is 0 Å². The molecule has 32 heavy (non-hydrogen) atoms. The highest BCUT2D eigenvalue weighted by Gasteiger charge is 2.34. The van der Waals surface area contributed by atoms with Crippen molar-refractivity contribution in [2.45, 2.75) is 19.3 Å². The Hall–Kier alpha value is -3.68. The van der Waals surface area contributed by atoms with Gasteiger partial charge in [0.2, 0.25) is 5.91 Å². The standard InChI is InChI=1S/C24H25N3O5/c28-18-7-3-6-17(16-18)22(30)26-12-5-11-25(14-15-26)21(29)10-4-13-27-23(31)19-8-1-2-9-20(19)24(27)32/h1-3,6-9,16,28H,4-5,10-15H2. The van der Waals surface area contributed by atoms with Gasteiger partial charge in [-0.2, -0.15) is 0 Å². The zero-order valence-electron chi connectivity index (χ0n) is 17.7. The lowest BCUT2D eigenvalue weighted by molar-refractivity contribution is -0.131. The number of phenols is 1. The van der Waals surface area contributed by atoms with Gasteiger partial charge in [0.05, 0.1) is 11.1 Å². The van der Waals surface area contributed by atoms with Gasteiger partial charge in [0, 0.05) is 44.7 Å². The molecule has 0 aliphatic carbocycles. The number of aromatic hydroxyl groups is 1. The predicted molar refractivity (Wildman–Crippen MR) is 116 cm³/mol. The number of fused-ring (bicyclic) bond motifs is 1. The van der Waals surface area contributed by atoms with E-state index < -0.39 is 0 Å². The molecule has 0 aromatic heterocycles. The summed E-state index contributed by atoms with van der Waals surface area (Å²) in [7, 11) is 0. The number of phenolic OH excluding ortho intramolecular Hbond substituents is 1. The summed E-state index contributed by atoms with van der Waals surface area (Å²) in [5.74, 6) is -0.794. The van der Waals surface area contributed by atoms with Crippen LogP contribution < -0.4 is 0 Å². The molecule has 8 nitrogen and oxygen atoms in total. The first kappa shape index (κ1) is 21.5. The van der Waals surface area contributed by atoms with Crippen molar-refractivity contribution in [3.63, 3.8) is 0 Å². The minimum atomic E-state index is -0.311. The Morgan fingerprint density at radius 1 is 0.844 bits per heavy atom. The second kappa shape index (κ2) is 9.21.